The summed E-state index contributed by atoms with van der Waals surface area (Å²) in [7, 11) is 0. The molecule has 4 aromatic rings. The van der Waals surface area contributed by atoms with E-state index in [1.54, 1.807) is 0 Å². The summed E-state index contributed by atoms with van der Waals surface area (Å²) in [6.07, 6.45) is -5.17. The normalized spacial score (nSPS) is 23.5. The van der Waals surface area contributed by atoms with Crippen molar-refractivity contribution in [2.45, 2.75) is 56.4 Å². The summed E-state index contributed by atoms with van der Waals surface area (Å²) >= 11 is 0. The smallest absolute Gasteiger partial charge is 0.117 e. The Hall–Kier alpha value is -3.36. The molecule has 0 bridgehead atoms. The quantitative estimate of drug-likeness (QED) is 0.256. The van der Waals surface area contributed by atoms with Crippen LogP contribution in [0.15, 0.2) is 121 Å². The Morgan fingerprint density at radius 2 is 1.05 bits per heavy atom. The predicted octanol–water partition coefficient (Wildman–Crippen LogP) is 5.24. The van der Waals surface area contributed by atoms with E-state index >= 15 is 0 Å². The molecule has 40 heavy (non-hydrogen) atoms. The fraction of sp³-hybridized carbons (Fsp3) is 0.294. The first-order valence-electron chi connectivity index (χ1n) is 13.7. The molecule has 6 heteroatoms. The molecule has 0 amide bonds. The fourth-order valence-corrected chi connectivity index (χ4v) is 4.98. The van der Waals surface area contributed by atoms with Gasteiger partial charge in [-0.25, -0.2) is 0 Å². The van der Waals surface area contributed by atoms with Gasteiger partial charge in [0.25, 0.3) is 0 Å². The second-order valence-corrected chi connectivity index (χ2v) is 10.0. The molecule has 6 nitrogen and oxygen atoms in total. The Kier molecular flexibility index (Phi) is 10.1. The van der Waals surface area contributed by atoms with Crippen LogP contribution in [0.25, 0.3) is 0 Å². The van der Waals surface area contributed by atoms with Crippen molar-refractivity contribution in [2.75, 3.05) is 6.61 Å². The number of hydrogen-bond donors (Lipinski definition) is 2. The third-order valence-electron chi connectivity index (χ3n) is 7.11. The van der Waals surface area contributed by atoms with Crippen molar-refractivity contribution in [2.24, 2.45) is 0 Å². The third-order valence-corrected chi connectivity index (χ3v) is 7.11. The summed E-state index contributed by atoms with van der Waals surface area (Å²) in [5.41, 5.74) is 3.66. The lowest BCUT2D eigenvalue weighted by Gasteiger charge is -2.46. The zero-order valence-electron chi connectivity index (χ0n) is 22.4. The van der Waals surface area contributed by atoms with E-state index in [1.807, 2.05) is 121 Å². The molecule has 0 saturated carbocycles. The van der Waals surface area contributed by atoms with Gasteiger partial charge in [-0.1, -0.05) is 121 Å². The van der Waals surface area contributed by atoms with Crippen molar-refractivity contribution in [1.82, 2.24) is 0 Å². The number of aliphatic hydroxyl groups excluding tert-OH is 2. The lowest BCUT2D eigenvalue weighted by Crippen LogP contribution is -2.61. The number of ether oxygens (including phenoxy) is 4. The highest BCUT2D eigenvalue weighted by Crippen LogP contribution is 2.34. The van der Waals surface area contributed by atoms with E-state index in [1.165, 1.54) is 0 Å². The lowest BCUT2D eigenvalue weighted by molar-refractivity contribution is -0.276. The van der Waals surface area contributed by atoms with Crippen LogP contribution in [-0.2, 0) is 38.8 Å². The molecule has 0 aromatic heterocycles. The second-order valence-electron chi connectivity index (χ2n) is 10.0. The van der Waals surface area contributed by atoms with Crippen LogP contribution in [0.1, 0.15) is 28.4 Å². The van der Waals surface area contributed by atoms with Crippen molar-refractivity contribution in [1.29, 1.82) is 0 Å². The van der Waals surface area contributed by atoms with Gasteiger partial charge in [-0.3, -0.25) is 0 Å². The standard InChI is InChI=1S/C34H36O6/c35-30(28-19-11-4-12-20-28)33-31(36)34(39-23-27-17-9-3-10-18-27)32(38-22-26-15-7-2-8-16-26)29(40-33)24-37-21-25-13-5-1-6-14-25/h1-20,29-36H,21-24H2/t29-,30+,31+,32-,33+,34-/m1/s1. The van der Waals surface area contributed by atoms with Gasteiger partial charge >= 0.3 is 0 Å². The van der Waals surface area contributed by atoms with Crippen molar-refractivity contribution >= 4 is 0 Å². The van der Waals surface area contributed by atoms with Crippen molar-refractivity contribution in [3.05, 3.63) is 144 Å². The maximum atomic E-state index is 11.6. The van der Waals surface area contributed by atoms with E-state index in [4.69, 9.17) is 18.9 Å². The van der Waals surface area contributed by atoms with E-state index in [0.717, 1.165) is 16.7 Å². The molecule has 6 atom stereocenters. The maximum Gasteiger partial charge on any atom is 0.117 e. The average Bonchev–Trinajstić information content (AvgIpc) is 3.02. The molecule has 0 radical (unpaired) electrons. The highest BCUT2D eigenvalue weighted by molar-refractivity contribution is 5.20. The van der Waals surface area contributed by atoms with Crippen LogP contribution in [0, 0.1) is 0 Å². The summed E-state index contributed by atoms with van der Waals surface area (Å²) in [5, 5.41) is 22.9. The van der Waals surface area contributed by atoms with Gasteiger partial charge < -0.3 is 29.2 Å². The van der Waals surface area contributed by atoms with Crippen molar-refractivity contribution in [3.8, 4) is 0 Å². The fourth-order valence-electron chi connectivity index (χ4n) is 4.98. The predicted molar refractivity (Wildman–Crippen MR) is 152 cm³/mol. The van der Waals surface area contributed by atoms with E-state index in [0.29, 0.717) is 18.8 Å². The minimum atomic E-state index is -1.15. The molecule has 208 valence electrons. The zero-order chi connectivity index (χ0) is 27.6. The minimum Gasteiger partial charge on any atom is -0.387 e. The number of hydrogen-bond acceptors (Lipinski definition) is 6. The van der Waals surface area contributed by atoms with E-state index in [2.05, 4.69) is 0 Å². The summed E-state index contributed by atoms with van der Waals surface area (Å²) in [6.45, 7) is 1.19. The largest absolute Gasteiger partial charge is 0.387 e. The summed E-state index contributed by atoms with van der Waals surface area (Å²) in [5.74, 6) is 0. The zero-order valence-corrected chi connectivity index (χ0v) is 22.4. The molecule has 1 aliphatic rings. The maximum absolute atomic E-state index is 11.6. The van der Waals surface area contributed by atoms with Gasteiger partial charge in [0, 0.05) is 0 Å². The number of aliphatic hydroxyl groups is 2. The van der Waals surface area contributed by atoms with Gasteiger partial charge in [0.1, 0.15) is 36.6 Å². The average molecular weight is 541 g/mol. The monoisotopic (exact) mass is 540 g/mol. The van der Waals surface area contributed by atoms with Crippen LogP contribution in [0.2, 0.25) is 0 Å². The molecule has 1 aliphatic heterocycles. The van der Waals surface area contributed by atoms with Gasteiger partial charge in [-0.05, 0) is 22.3 Å². The highest BCUT2D eigenvalue weighted by atomic mass is 16.6. The first-order chi connectivity index (χ1) is 19.7. The van der Waals surface area contributed by atoms with Crippen molar-refractivity contribution < 1.29 is 29.2 Å². The third kappa shape index (κ3) is 7.43. The van der Waals surface area contributed by atoms with E-state index < -0.39 is 36.6 Å². The molecule has 1 fully saturated rings. The molecule has 0 spiro atoms. The molecule has 0 aliphatic carbocycles. The van der Waals surface area contributed by atoms with Gasteiger partial charge in [-0.2, -0.15) is 0 Å². The SMILES string of the molecule is O[C@@H]1[C@@H](OCc2ccccc2)[C@H](OCc2ccccc2)[C@@H](COCc2ccccc2)O[C@H]1[C@@H](O)c1ccccc1. The Morgan fingerprint density at radius 1 is 0.600 bits per heavy atom. The molecule has 2 N–H and O–H groups in total. The van der Waals surface area contributed by atoms with Crippen LogP contribution in [0.4, 0.5) is 0 Å². The minimum absolute atomic E-state index is 0.199. The van der Waals surface area contributed by atoms with Crippen LogP contribution in [0.5, 0.6) is 0 Å². The van der Waals surface area contributed by atoms with Gasteiger partial charge in [-0.15, -0.1) is 0 Å². The van der Waals surface area contributed by atoms with Crippen LogP contribution in [0.3, 0.4) is 0 Å². The first-order valence-corrected chi connectivity index (χ1v) is 13.7. The highest BCUT2D eigenvalue weighted by Gasteiger charge is 2.49. The summed E-state index contributed by atoms with van der Waals surface area (Å²) < 4.78 is 25.3. The molecule has 1 heterocycles. The molecule has 1 saturated heterocycles. The molecule has 4 aromatic carbocycles. The Balaban J connectivity index is 1.40. The molecule has 0 unspecified atom stereocenters. The Bertz CT molecular complexity index is 1250. The van der Waals surface area contributed by atoms with Gasteiger partial charge in [0.2, 0.25) is 0 Å². The van der Waals surface area contributed by atoms with Crippen LogP contribution in [-0.4, -0.2) is 47.3 Å². The van der Waals surface area contributed by atoms with Gasteiger partial charge in [0.15, 0.2) is 0 Å². The molecular weight excluding hydrogens is 504 g/mol. The van der Waals surface area contributed by atoms with Gasteiger partial charge in [0.05, 0.1) is 26.4 Å². The number of rotatable bonds is 12. The van der Waals surface area contributed by atoms with Crippen LogP contribution >= 0.6 is 0 Å². The summed E-state index contributed by atoms with van der Waals surface area (Å²) in [6, 6.07) is 38.8. The lowest BCUT2D eigenvalue weighted by atomic mass is 9.89. The Labute approximate surface area is 235 Å². The molecular formula is C34H36O6. The van der Waals surface area contributed by atoms with Crippen LogP contribution < -0.4 is 0 Å². The molecule has 5 rings (SSSR count). The first kappa shape index (κ1) is 28.2. The topological polar surface area (TPSA) is 77.4 Å². The van der Waals surface area contributed by atoms with Crippen molar-refractivity contribution in [3.63, 3.8) is 0 Å². The Morgan fingerprint density at radius 3 is 1.57 bits per heavy atom. The number of benzene rings is 4. The van der Waals surface area contributed by atoms with E-state index in [-0.39, 0.29) is 13.2 Å². The van der Waals surface area contributed by atoms with E-state index in [9.17, 15) is 10.2 Å². The second kappa shape index (κ2) is 14.3. The summed E-state index contributed by atoms with van der Waals surface area (Å²) in [4.78, 5) is 0.